The molecular formula is C31H37Cl2N3O5S. The highest BCUT2D eigenvalue weighted by atomic mass is 35.5. The number of aryl methyl sites for hydroxylation is 1. The molecule has 1 N–H and O–H groups in total. The van der Waals surface area contributed by atoms with Crippen molar-refractivity contribution in [3.63, 3.8) is 0 Å². The summed E-state index contributed by atoms with van der Waals surface area (Å²) < 4.78 is 34.5. The number of carbonyl (C=O) groups excluding carboxylic acids is 2. The Hall–Kier alpha value is -3.27. The molecule has 3 aromatic rings. The van der Waals surface area contributed by atoms with Crippen molar-refractivity contribution in [2.45, 2.75) is 58.0 Å². The Morgan fingerprint density at radius 3 is 2.24 bits per heavy atom. The van der Waals surface area contributed by atoms with Crippen molar-refractivity contribution < 1.29 is 22.7 Å². The summed E-state index contributed by atoms with van der Waals surface area (Å²) in [4.78, 5) is 28.4. The van der Waals surface area contributed by atoms with Gasteiger partial charge in [0.15, 0.2) is 0 Å². The molecular weight excluding hydrogens is 597 g/mol. The lowest BCUT2D eigenvalue weighted by molar-refractivity contribution is -0.139. The summed E-state index contributed by atoms with van der Waals surface area (Å²) in [7, 11) is -4.19. The molecule has 1 atom stereocenters. The molecule has 0 aliphatic heterocycles. The Balaban J connectivity index is 2.01. The van der Waals surface area contributed by atoms with Crippen molar-refractivity contribution in [3.05, 3.63) is 87.9 Å². The van der Waals surface area contributed by atoms with Crippen LogP contribution in [0.25, 0.3) is 0 Å². The Kier molecular flexibility index (Phi) is 12.1. The molecule has 11 heteroatoms. The van der Waals surface area contributed by atoms with E-state index in [0.29, 0.717) is 40.2 Å². The van der Waals surface area contributed by atoms with Gasteiger partial charge >= 0.3 is 0 Å². The lowest BCUT2D eigenvalue weighted by Gasteiger charge is -2.32. The predicted octanol–water partition coefficient (Wildman–Crippen LogP) is 6.23. The summed E-state index contributed by atoms with van der Waals surface area (Å²) in [6.07, 6.45) is 1.68. The quantitative estimate of drug-likeness (QED) is 0.212. The van der Waals surface area contributed by atoms with E-state index >= 15 is 0 Å². The molecule has 1 unspecified atom stereocenters. The maximum absolute atomic E-state index is 14.0. The lowest BCUT2D eigenvalue weighted by atomic mass is 10.1. The monoisotopic (exact) mass is 633 g/mol. The summed E-state index contributed by atoms with van der Waals surface area (Å²) >= 11 is 12.5. The van der Waals surface area contributed by atoms with Gasteiger partial charge in [0.2, 0.25) is 11.8 Å². The number of unbranched alkanes of at least 4 members (excludes halogenated alkanes) is 1. The number of ether oxygens (including phenoxy) is 1. The van der Waals surface area contributed by atoms with E-state index in [2.05, 4.69) is 5.32 Å². The van der Waals surface area contributed by atoms with Crippen molar-refractivity contribution in [2.75, 3.05) is 24.0 Å². The molecule has 3 rings (SSSR count). The van der Waals surface area contributed by atoms with Gasteiger partial charge in [0.25, 0.3) is 10.0 Å². The fraction of sp³-hybridized carbons (Fsp3) is 0.355. The van der Waals surface area contributed by atoms with Crippen LogP contribution < -0.4 is 14.4 Å². The number of nitrogens with one attached hydrogen (secondary N) is 1. The Labute approximate surface area is 258 Å². The van der Waals surface area contributed by atoms with Crippen LogP contribution >= 0.6 is 23.2 Å². The average molecular weight is 635 g/mol. The minimum Gasteiger partial charge on any atom is -0.494 e. The second kappa shape index (κ2) is 15.3. The van der Waals surface area contributed by atoms with E-state index in [1.54, 1.807) is 61.5 Å². The highest BCUT2D eigenvalue weighted by Gasteiger charge is 2.32. The van der Waals surface area contributed by atoms with Gasteiger partial charge in [-0.2, -0.15) is 0 Å². The third kappa shape index (κ3) is 8.63. The van der Waals surface area contributed by atoms with Crippen LogP contribution in [0.5, 0.6) is 5.75 Å². The molecule has 0 radical (unpaired) electrons. The third-order valence-corrected chi connectivity index (χ3v) is 9.05. The predicted molar refractivity (Wildman–Crippen MR) is 168 cm³/mol. The standard InChI is InChI=1S/C31H37Cl2N3O5S/c1-5-7-18-34-31(38)23(4)35(20-24-10-11-25(32)19-29(24)33)30(37)21-36(26-12-8-22(3)9-13-26)42(39,40)28-16-14-27(15-17-28)41-6-2/h8-17,19,23H,5-7,18,20-21H2,1-4H3,(H,34,38). The summed E-state index contributed by atoms with van der Waals surface area (Å²) in [5.41, 5.74) is 1.81. The first-order valence-corrected chi connectivity index (χ1v) is 16.0. The van der Waals surface area contributed by atoms with Gasteiger partial charge in [0.1, 0.15) is 18.3 Å². The molecule has 2 amide bonds. The maximum Gasteiger partial charge on any atom is 0.264 e. The number of halogens is 2. The first kappa shape index (κ1) is 33.2. The molecule has 3 aromatic carbocycles. The Bertz CT molecular complexity index is 1460. The molecule has 0 saturated carbocycles. The molecule has 0 spiro atoms. The van der Waals surface area contributed by atoms with Gasteiger partial charge in [0.05, 0.1) is 17.2 Å². The highest BCUT2D eigenvalue weighted by Crippen LogP contribution is 2.27. The summed E-state index contributed by atoms with van der Waals surface area (Å²) in [5, 5.41) is 3.62. The number of sulfonamides is 1. The highest BCUT2D eigenvalue weighted by molar-refractivity contribution is 7.92. The zero-order valence-electron chi connectivity index (χ0n) is 24.3. The van der Waals surface area contributed by atoms with Gasteiger partial charge in [-0.1, -0.05) is 60.3 Å². The van der Waals surface area contributed by atoms with Crippen LogP contribution in [0.15, 0.2) is 71.6 Å². The van der Waals surface area contributed by atoms with Crippen LogP contribution in [0.1, 0.15) is 44.7 Å². The maximum atomic E-state index is 14.0. The molecule has 8 nitrogen and oxygen atoms in total. The van der Waals surface area contributed by atoms with Crippen molar-refractivity contribution in [2.24, 2.45) is 0 Å². The van der Waals surface area contributed by atoms with Gasteiger partial charge < -0.3 is 15.0 Å². The molecule has 42 heavy (non-hydrogen) atoms. The van der Waals surface area contributed by atoms with Crippen LogP contribution in [0.3, 0.4) is 0 Å². The van der Waals surface area contributed by atoms with Crippen molar-refractivity contribution in [3.8, 4) is 5.75 Å². The number of hydrogen-bond acceptors (Lipinski definition) is 5. The van der Waals surface area contributed by atoms with Crippen molar-refractivity contribution in [1.29, 1.82) is 0 Å². The van der Waals surface area contributed by atoms with E-state index in [0.717, 1.165) is 22.7 Å². The first-order valence-electron chi connectivity index (χ1n) is 13.8. The number of hydrogen-bond donors (Lipinski definition) is 1. The second-order valence-corrected chi connectivity index (χ2v) is 12.5. The number of carbonyl (C=O) groups is 2. The number of rotatable bonds is 14. The van der Waals surface area contributed by atoms with Crippen LogP contribution in [-0.2, 0) is 26.2 Å². The third-order valence-electron chi connectivity index (χ3n) is 6.68. The molecule has 0 bridgehead atoms. The molecule has 0 saturated heterocycles. The number of benzene rings is 3. The molecule has 0 aliphatic rings. The van der Waals surface area contributed by atoms with E-state index in [1.165, 1.54) is 17.0 Å². The van der Waals surface area contributed by atoms with E-state index in [4.69, 9.17) is 27.9 Å². The number of nitrogens with zero attached hydrogens (tertiary/aromatic N) is 2. The second-order valence-electron chi connectivity index (χ2n) is 9.83. The van der Waals surface area contributed by atoms with E-state index < -0.39 is 28.5 Å². The molecule has 0 aromatic heterocycles. The molecule has 0 fully saturated rings. The van der Waals surface area contributed by atoms with Crippen LogP contribution in [0, 0.1) is 6.92 Å². The normalized spacial score (nSPS) is 12.0. The Morgan fingerprint density at radius 1 is 0.976 bits per heavy atom. The summed E-state index contributed by atoms with van der Waals surface area (Å²) in [6, 6.07) is 16.9. The average Bonchev–Trinajstić information content (AvgIpc) is 2.96. The van der Waals surface area contributed by atoms with Crippen LogP contribution in [0.2, 0.25) is 10.0 Å². The minimum atomic E-state index is -4.19. The van der Waals surface area contributed by atoms with Gasteiger partial charge in [-0.15, -0.1) is 0 Å². The van der Waals surface area contributed by atoms with Crippen molar-refractivity contribution >= 4 is 50.7 Å². The van der Waals surface area contributed by atoms with Crippen LogP contribution in [-0.4, -0.2) is 50.9 Å². The van der Waals surface area contributed by atoms with Gasteiger partial charge in [-0.25, -0.2) is 8.42 Å². The van der Waals surface area contributed by atoms with Gasteiger partial charge in [-0.05, 0) is 81.3 Å². The zero-order chi connectivity index (χ0) is 30.9. The van der Waals surface area contributed by atoms with Crippen LogP contribution in [0.4, 0.5) is 5.69 Å². The SMILES string of the molecule is CCCCNC(=O)C(C)N(Cc1ccc(Cl)cc1Cl)C(=O)CN(c1ccc(C)cc1)S(=O)(=O)c1ccc(OCC)cc1. The van der Waals surface area contributed by atoms with E-state index in [1.807, 2.05) is 20.8 Å². The van der Waals surface area contributed by atoms with E-state index in [-0.39, 0.29) is 17.3 Å². The van der Waals surface area contributed by atoms with Gasteiger partial charge in [-0.3, -0.25) is 13.9 Å². The zero-order valence-corrected chi connectivity index (χ0v) is 26.6. The molecule has 226 valence electrons. The topological polar surface area (TPSA) is 96.0 Å². The van der Waals surface area contributed by atoms with Crippen molar-refractivity contribution in [1.82, 2.24) is 10.2 Å². The minimum absolute atomic E-state index is 0.00280. The largest absolute Gasteiger partial charge is 0.494 e. The number of amides is 2. The summed E-state index contributed by atoms with van der Waals surface area (Å²) in [6.45, 7) is 7.68. The summed E-state index contributed by atoms with van der Waals surface area (Å²) in [5.74, 6) is -0.393. The lowest BCUT2D eigenvalue weighted by Crippen LogP contribution is -2.51. The fourth-order valence-corrected chi connectivity index (χ4v) is 6.08. The number of anilines is 1. The molecule has 0 heterocycles. The van der Waals surface area contributed by atoms with E-state index in [9.17, 15) is 18.0 Å². The molecule has 0 aliphatic carbocycles. The van der Waals surface area contributed by atoms with Gasteiger partial charge in [0, 0.05) is 23.1 Å². The Morgan fingerprint density at radius 2 is 1.64 bits per heavy atom. The smallest absolute Gasteiger partial charge is 0.264 e. The fourth-order valence-electron chi connectivity index (χ4n) is 4.19. The first-order chi connectivity index (χ1) is 20.0.